The number of carbonyl (C=O) groups excluding carboxylic acids is 1. The number of fused-ring (bicyclic) bond motifs is 1. The number of anilines is 2. The van der Waals surface area contributed by atoms with E-state index in [4.69, 9.17) is 10.5 Å². The van der Waals surface area contributed by atoms with Crippen LogP contribution in [0.2, 0.25) is 0 Å². The lowest BCUT2D eigenvalue weighted by Gasteiger charge is -2.18. The Morgan fingerprint density at radius 2 is 2.00 bits per heavy atom. The summed E-state index contributed by atoms with van der Waals surface area (Å²) in [4.78, 5) is 32.2. The largest absolute Gasteiger partial charge is 0.486 e. The molecule has 2 aromatic heterocycles. The van der Waals surface area contributed by atoms with Crippen LogP contribution < -0.4 is 21.3 Å². The zero-order chi connectivity index (χ0) is 30.2. The normalized spacial score (nSPS) is 13.3. The van der Waals surface area contributed by atoms with Gasteiger partial charge in [-0.15, -0.1) is 0 Å². The van der Waals surface area contributed by atoms with E-state index < -0.39 is 35.0 Å². The van der Waals surface area contributed by atoms with Crippen molar-refractivity contribution in [2.24, 2.45) is 0 Å². The molecule has 10 nitrogen and oxygen atoms in total. The molecule has 3 heterocycles. The number of benzene rings is 1. The van der Waals surface area contributed by atoms with Crippen molar-refractivity contribution in [3.8, 4) is 17.1 Å². The molecular formula is C26H28F5N7O3. The highest BCUT2D eigenvalue weighted by molar-refractivity contribution is 5.84. The zero-order valence-corrected chi connectivity index (χ0v) is 22.1. The number of hydrogen-bond donors (Lipinski definition) is 3. The van der Waals surface area contributed by atoms with Crippen LogP contribution in [0.4, 0.5) is 33.5 Å². The van der Waals surface area contributed by atoms with Gasteiger partial charge in [0.1, 0.15) is 24.2 Å². The Balaban J connectivity index is 0.000000322. The fraction of sp³-hybridized carbons (Fsp3) is 0.346. The van der Waals surface area contributed by atoms with E-state index in [0.717, 1.165) is 18.7 Å². The van der Waals surface area contributed by atoms with E-state index in [1.807, 2.05) is 6.92 Å². The van der Waals surface area contributed by atoms with Crippen LogP contribution in [0.3, 0.4) is 0 Å². The summed E-state index contributed by atoms with van der Waals surface area (Å²) in [6.45, 7) is 3.29. The van der Waals surface area contributed by atoms with Gasteiger partial charge < -0.3 is 20.7 Å². The number of alkyl halides is 4. The second-order valence-corrected chi connectivity index (χ2v) is 8.93. The standard InChI is InChI=1S/C21H24F2N4O2.C5H4F3N3O/c1-3-4-16(22)12-27(2)7-5-14-9-17(18(23)10-15(14)13-28)20-25-11-19-21(26-20)24-6-8-29-19;6-5(7,8)3-2(9)1-10-11-4(3)12/h5,7,9-11,13,16H,3-4,6,8,12H2,1-2H3,(H,24,25,26);1H,(H3,9,11,12)/b7-5-;. The molecule has 0 saturated carbocycles. The van der Waals surface area contributed by atoms with Crippen molar-refractivity contribution in [2.45, 2.75) is 32.1 Å². The van der Waals surface area contributed by atoms with E-state index in [0.29, 0.717) is 43.0 Å². The molecule has 1 aliphatic heterocycles. The number of aldehydes is 1. The molecule has 15 heteroatoms. The van der Waals surface area contributed by atoms with Crippen molar-refractivity contribution in [3.63, 3.8) is 0 Å². The number of hydrogen-bond acceptors (Lipinski definition) is 9. The topological polar surface area (TPSA) is 139 Å². The van der Waals surface area contributed by atoms with E-state index in [1.165, 1.54) is 12.3 Å². The van der Waals surface area contributed by atoms with E-state index in [2.05, 4.69) is 20.4 Å². The molecule has 0 fully saturated rings. The summed E-state index contributed by atoms with van der Waals surface area (Å²) < 4.78 is 69.8. The Hall–Kier alpha value is -4.56. The minimum atomic E-state index is -4.74. The molecule has 1 aromatic carbocycles. The van der Waals surface area contributed by atoms with Gasteiger partial charge in [-0.25, -0.2) is 23.8 Å². The molecule has 0 aliphatic carbocycles. The van der Waals surface area contributed by atoms with Gasteiger partial charge in [-0.2, -0.15) is 18.3 Å². The van der Waals surface area contributed by atoms with Gasteiger partial charge in [0, 0.05) is 19.2 Å². The average Bonchev–Trinajstić information content (AvgIpc) is 2.91. The Morgan fingerprint density at radius 1 is 1.24 bits per heavy atom. The van der Waals surface area contributed by atoms with Crippen molar-refractivity contribution >= 4 is 23.9 Å². The molecular weight excluding hydrogens is 553 g/mol. The van der Waals surface area contributed by atoms with Crippen LogP contribution >= 0.6 is 0 Å². The number of carbonyl (C=O) groups is 1. The molecule has 4 N–H and O–H groups in total. The van der Waals surface area contributed by atoms with Crippen LogP contribution in [0.15, 0.2) is 35.5 Å². The van der Waals surface area contributed by atoms with Gasteiger partial charge in [0.2, 0.25) is 0 Å². The second-order valence-electron chi connectivity index (χ2n) is 8.93. The van der Waals surface area contributed by atoms with Gasteiger partial charge in [-0.3, -0.25) is 9.59 Å². The lowest BCUT2D eigenvalue weighted by Crippen LogP contribution is -2.24. The predicted molar refractivity (Wildman–Crippen MR) is 143 cm³/mol. The maximum absolute atomic E-state index is 14.6. The maximum Gasteiger partial charge on any atom is 0.423 e. The van der Waals surface area contributed by atoms with E-state index in [9.17, 15) is 31.5 Å². The summed E-state index contributed by atoms with van der Waals surface area (Å²) in [6, 6.07) is 2.68. The highest BCUT2D eigenvalue weighted by atomic mass is 19.4. The monoisotopic (exact) mass is 581 g/mol. The first-order valence-electron chi connectivity index (χ1n) is 12.4. The third-order valence-electron chi connectivity index (χ3n) is 5.71. The fourth-order valence-electron chi connectivity index (χ4n) is 3.78. The number of rotatable bonds is 8. The maximum atomic E-state index is 14.6. The summed E-state index contributed by atoms with van der Waals surface area (Å²) in [5.74, 6) is 0.605. The van der Waals surface area contributed by atoms with Crippen LogP contribution in [0.1, 0.15) is 41.3 Å². The van der Waals surface area contributed by atoms with Crippen molar-refractivity contribution in [1.82, 2.24) is 25.1 Å². The first-order valence-corrected chi connectivity index (χ1v) is 12.4. The Kier molecular flexibility index (Phi) is 10.3. The molecule has 220 valence electrons. The van der Waals surface area contributed by atoms with Gasteiger partial charge in [0.15, 0.2) is 23.7 Å². The molecule has 4 rings (SSSR count). The number of nitrogens with two attached hydrogens (primary N) is 1. The summed E-state index contributed by atoms with van der Waals surface area (Å²) in [5, 5.41) is 7.82. The number of halogens is 5. The van der Waals surface area contributed by atoms with E-state index in [-0.39, 0.29) is 23.5 Å². The average molecular weight is 582 g/mol. The lowest BCUT2D eigenvalue weighted by atomic mass is 10.0. The zero-order valence-electron chi connectivity index (χ0n) is 22.1. The lowest BCUT2D eigenvalue weighted by molar-refractivity contribution is -0.138. The molecule has 1 aliphatic rings. The molecule has 3 aromatic rings. The van der Waals surface area contributed by atoms with Crippen molar-refractivity contribution < 1.29 is 31.5 Å². The van der Waals surface area contributed by atoms with Crippen LogP contribution in [0.25, 0.3) is 17.5 Å². The smallest absolute Gasteiger partial charge is 0.423 e. The number of ether oxygens (including phenoxy) is 1. The highest BCUT2D eigenvalue weighted by Gasteiger charge is 2.36. The minimum Gasteiger partial charge on any atom is -0.486 e. The molecule has 0 saturated heterocycles. The second kappa shape index (κ2) is 13.7. The predicted octanol–water partition coefficient (Wildman–Crippen LogP) is 4.31. The number of H-pyrrole nitrogens is 1. The molecule has 1 unspecified atom stereocenters. The fourth-order valence-corrected chi connectivity index (χ4v) is 3.78. The summed E-state index contributed by atoms with van der Waals surface area (Å²) in [5.41, 5.74) is 2.36. The summed E-state index contributed by atoms with van der Waals surface area (Å²) in [6.07, 6.45) is 1.76. The van der Waals surface area contributed by atoms with Crippen LogP contribution in [0.5, 0.6) is 5.75 Å². The third-order valence-corrected chi connectivity index (χ3v) is 5.71. The molecule has 1 atom stereocenters. The van der Waals surface area contributed by atoms with Gasteiger partial charge in [0.25, 0.3) is 5.56 Å². The van der Waals surface area contributed by atoms with Gasteiger partial charge in [-0.05, 0) is 36.4 Å². The van der Waals surface area contributed by atoms with Crippen molar-refractivity contribution in [1.29, 1.82) is 0 Å². The summed E-state index contributed by atoms with van der Waals surface area (Å²) in [7, 11) is 1.75. The van der Waals surface area contributed by atoms with Crippen LogP contribution in [-0.2, 0) is 6.18 Å². The minimum absolute atomic E-state index is 0.169. The number of aromatic amines is 1. The van der Waals surface area contributed by atoms with E-state index in [1.54, 1.807) is 29.3 Å². The van der Waals surface area contributed by atoms with Gasteiger partial charge >= 0.3 is 6.18 Å². The number of nitrogen functional groups attached to an aromatic ring is 1. The SMILES string of the molecule is CCCC(F)CN(C)/C=C\c1cc(-c2ncc3c(n2)NCCO3)c(F)cc1C=O.Nc1cn[nH]c(=O)c1C(F)(F)F. The quantitative estimate of drug-likeness (QED) is 0.262. The van der Waals surface area contributed by atoms with Crippen LogP contribution in [0, 0.1) is 5.82 Å². The Labute approximate surface area is 231 Å². The van der Waals surface area contributed by atoms with Gasteiger partial charge in [0.05, 0.1) is 30.2 Å². The first-order chi connectivity index (χ1) is 19.4. The Morgan fingerprint density at radius 3 is 2.63 bits per heavy atom. The highest BCUT2D eigenvalue weighted by Crippen LogP contribution is 2.30. The number of aromatic nitrogens is 4. The molecule has 41 heavy (non-hydrogen) atoms. The molecule has 0 radical (unpaired) electrons. The third kappa shape index (κ3) is 8.22. The molecule has 0 bridgehead atoms. The van der Waals surface area contributed by atoms with Crippen molar-refractivity contribution in [2.75, 3.05) is 37.8 Å². The number of nitrogens with one attached hydrogen (secondary N) is 2. The van der Waals surface area contributed by atoms with Gasteiger partial charge in [-0.1, -0.05) is 13.3 Å². The van der Waals surface area contributed by atoms with Crippen molar-refractivity contribution in [3.05, 3.63) is 63.6 Å². The summed E-state index contributed by atoms with van der Waals surface area (Å²) >= 11 is 0. The number of nitrogens with zero attached hydrogens (tertiary/aromatic N) is 4. The molecule has 0 amide bonds. The van der Waals surface area contributed by atoms with E-state index >= 15 is 0 Å². The van der Waals surface area contributed by atoms with Crippen LogP contribution in [-0.4, -0.2) is 64.3 Å². The molecule has 0 spiro atoms. The first kappa shape index (κ1) is 31.0. The Bertz CT molecular complexity index is 1450.